The summed E-state index contributed by atoms with van der Waals surface area (Å²) in [5.41, 5.74) is 1.88. The van der Waals surface area contributed by atoms with Crippen LogP contribution in [-0.4, -0.2) is 32.7 Å². The zero-order valence-corrected chi connectivity index (χ0v) is 15.4. The molecule has 0 saturated carbocycles. The average molecular weight is 329 g/mol. The fraction of sp³-hybridized carbons (Fsp3) is 0.556. The number of benzene rings is 1. The molecule has 0 saturated heterocycles. The molecule has 1 aromatic heterocycles. The first-order valence-electron chi connectivity index (χ1n) is 8.32. The predicted molar refractivity (Wildman–Crippen MR) is 94.9 cm³/mol. The molecule has 1 heterocycles. The van der Waals surface area contributed by atoms with Crippen LogP contribution in [0.2, 0.25) is 0 Å². The van der Waals surface area contributed by atoms with Crippen LogP contribution in [0.4, 0.5) is 5.69 Å². The summed E-state index contributed by atoms with van der Waals surface area (Å²) in [7, 11) is 0. The summed E-state index contributed by atoms with van der Waals surface area (Å²) in [6.07, 6.45) is 0. The topological polar surface area (TPSA) is 63.9 Å². The third-order valence-corrected chi connectivity index (χ3v) is 3.59. The molecule has 0 bridgehead atoms. The molecule has 130 valence electrons. The normalized spacial score (nSPS) is 11.8. The van der Waals surface area contributed by atoms with Crippen molar-refractivity contribution >= 4 is 11.6 Å². The SMILES string of the molecule is Cc1ccc(N(CC(C)C)C(=O)Cn2nnc(C(C)(C)C)n2)cc1. The van der Waals surface area contributed by atoms with Crippen LogP contribution < -0.4 is 4.90 Å². The maximum atomic E-state index is 12.8. The Balaban J connectivity index is 2.18. The Kier molecular flexibility index (Phi) is 5.36. The van der Waals surface area contributed by atoms with E-state index >= 15 is 0 Å². The van der Waals surface area contributed by atoms with Gasteiger partial charge in [-0.1, -0.05) is 52.3 Å². The standard InChI is InChI=1S/C18H27N5O/c1-13(2)11-22(15-9-7-14(3)8-10-15)16(24)12-23-20-17(19-21-23)18(4,5)6/h7-10,13H,11-12H2,1-6H3. The number of aromatic nitrogens is 4. The van der Waals surface area contributed by atoms with Crippen LogP contribution in [0.3, 0.4) is 0 Å². The number of rotatable bonds is 5. The summed E-state index contributed by atoms with van der Waals surface area (Å²) in [6, 6.07) is 7.98. The maximum Gasteiger partial charge on any atom is 0.250 e. The average Bonchev–Trinajstić information content (AvgIpc) is 2.94. The molecule has 0 N–H and O–H groups in total. The highest BCUT2D eigenvalue weighted by atomic mass is 16.2. The van der Waals surface area contributed by atoms with E-state index in [0.29, 0.717) is 18.3 Å². The number of nitrogens with zero attached hydrogens (tertiary/aromatic N) is 5. The van der Waals surface area contributed by atoms with Crippen LogP contribution in [-0.2, 0) is 16.8 Å². The molecule has 0 aliphatic carbocycles. The van der Waals surface area contributed by atoms with Gasteiger partial charge in [-0.05, 0) is 30.2 Å². The summed E-state index contributed by atoms with van der Waals surface area (Å²) in [6.45, 7) is 13.0. The Morgan fingerprint density at radius 2 is 1.83 bits per heavy atom. The summed E-state index contributed by atoms with van der Waals surface area (Å²) in [5, 5.41) is 12.4. The van der Waals surface area contributed by atoms with Gasteiger partial charge < -0.3 is 4.90 Å². The molecule has 2 aromatic rings. The van der Waals surface area contributed by atoms with Gasteiger partial charge in [0, 0.05) is 17.6 Å². The third-order valence-electron chi connectivity index (χ3n) is 3.59. The number of amides is 1. The number of hydrogen-bond donors (Lipinski definition) is 0. The van der Waals surface area contributed by atoms with Crippen LogP contribution in [0.5, 0.6) is 0 Å². The van der Waals surface area contributed by atoms with Gasteiger partial charge in [0.1, 0.15) is 6.54 Å². The molecule has 0 aliphatic rings. The lowest BCUT2D eigenvalue weighted by Crippen LogP contribution is -2.37. The first kappa shape index (κ1) is 18.1. The molecule has 1 amide bonds. The van der Waals surface area contributed by atoms with Crippen molar-refractivity contribution in [3.8, 4) is 0 Å². The maximum absolute atomic E-state index is 12.8. The van der Waals surface area contributed by atoms with Gasteiger partial charge in [0.2, 0.25) is 0 Å². The number of tetrazole rings is 1. The molecule has 0 spiro atoms. The van der Waals surface area contributed by atoms with E-state index in [1.165, 1.54) is 10.4 Å². The molecule has 1 aromatic carbocycles. The predicted octanol–water partition coefficient (Wildman–Crippen LogP) is 2.97. The van der Waals surface area contributed by atoms with Gasteiger partial charge in [-0.15, -0.1) is 10.2 Å². The molecule has 2 rings (SSSR count). The number of anilines is 1. The summed E-state index contributed by atoms with van der Waals surface area (Å²) < 4.78 is 0. The van der Waals surface area contributed by atoms with E-state index in [-0.39, 0.29) is 17.9 Å². The van der Waals surface area contributed by atoms with E-state index < -0.39 is 0 Å². The first-order valence-corrected chi connectivity index (χ1v) is 8.32. The van der Waals surface area contributed by atoms with E-state index in [0.717, 1.165) is 5.69 Å². The largest absolute Gasteiger partial charge is 0.311 e. The molecular formula is C18H27N5O. The van der Waals surface area contributed by atoms with Crippen molar-refractivity contribution in [2.45, 2.75) is 53.5 Å². The van der Waals surface area contributed by atoms with Gasteiger partial charge in [0.05, 0.1) is 0 Å². The van der Waals surface area contributed by atoms with Crippen molar-refractivity contribution in [1.29, 1.82) is 0 Å². The van der Waals surface area contributed by atoms with Crippen molar-refractivity contribution in [2.75, 3.05) is 11.4 Å². The van der Waals surface area contributed by atoms with Gasteiger partial charge in [0.15, 0.2) is 5.82 Å². The lowest BCUT2D eigenvalue weighted by Gasteiger charge is -2.24. The molecule has 0 fully saturated rings. The highest BCUT2D eigenvalue weighted by molar-refractivity contribution is 5.93. The number of hydrogen-bond acceptors (Lipinski definition) is 4. The third kappa shape index (κ3) is 4.63. The second kappa shape index (κ2) is 7.11. The summed E-state index contributed by atoms with van der Waals surface area (Å²) in [4.78, 5) is 16.0. The Hall–Kier alpha value is -2.24. The second-order valence-electron chi connectivity index (χ2n) is 7.63. The smallest absolute Gasteiger partial charge is 0.250 e. The molecule has 6 heteroatoms. The minimum atomic E-state index is -0.185. The molecule has 0 atom stereocenters. The van der Waals surface area contributed by atoms with E-state index in [4.69, 9.17) is 0 Å². The highest BCUT2D eigenvalue weighted by Crippen LogP contribution is 2.18. The Labute approximate surface area is 143 Å². The van der Waals surface area contributed by atoms with Crippen LogP contribution in [0.25, 0.3) is 0 Å². The monoisotopic (exact) mass is 329 g/mol. The van der Waals surface area contributed by atoms with Gasteiger partial charge in [0.25, 0.3) is 5.91 Å². The molecule has 0 aliphatic heterocycles. The van der Waals surface area contributed by atoms with Crippen LogP contribution >= 0.6 is 0 Å². The first-order chi connectivity index (χ1) is 11.2. The minimum absolute atomic E-state index is 0.0367. The van der Waals surface area contributed by atoms with E-state index in [2.05, 4.69) is 29.3 Å². The van der Waals surface area contributed by atoms with Crippen molar-refractivity contribution in [1.82, 2.24) is 20.2 Å². The summed E-state index contributed by atoms with van der Waals surface area (Å²) in [5.74, 6) is 0.968. The number of carbonyl (C=O) groups excluding carboxylic acids is 1. The van der Waals surface area contributed by atoms with Crippen LogP contribution in [0.15, 0.2) is 24.3 Å². The Morgan fingerprint density at radius 1 is 1.21 bits per heavy atom. The van der Waals surface area contributed by atoms with Gasteiger partial charge in [-0.3, -0.25) is 4.79 Å². The van der Waals surface area contributed by atoms with E-state index in [9.17, 15) is 4.79 Å². The zero-order chi connectivity index (χ0) is 17.9. The van der Waals surface area contributed by atoms with E-state index in [1.54, 1.807) is 4.90 Å². The van der Waals surface area contributed by atoms with Crippen molar-refractivity contribution in [3.63, 3.8) is 0 Å². The van der Waals surface area contributed by atoms with Crippen molar-refractivity contribution < 1.29 is 4.79 Å². The molecule has 24 heavy (non-hydrogen) atoms. The minimum Gasteiger partial charge on any atom is -0.311 e. The van der Waals surface area contributed by atoms with Gasteiger partial charge >= 0.3 is 0 Å². The number of carbonyl (C=O) groups is 1. The molecular weight excluding hydrogens is 302 g/mol. The summed E-state index contributed by atoms with van der Waals surface area (Å²) >= 11 is 0. The second-order valence-corrected chi connectivity index (χ2v) is 7.63. The lowest BCUT2D eigenvalue weighted by atomic mass is 9.96. The Morgan fingerprint density at radius 3 is 2.33 bits per heavy atom. The van der Waals surface area contributed by atoms with Gasteiger partial charge in [-0.25, -0.2) is 0 Å². The van der Waals surface area contributed by atoms with E-state index in [1.807, 2.05) is 52.0 Å². The fourth-order valence-electron chi connectivity index (χ4n) is 2.26. The van der Waals surface area contributed by atoms with Crippen LogP contribution in [0, 0.1) is 12.8 Å². The van der Waals surface area contributed by atoms with Gasteiger partial charge in [-0.2, -0.15) is 4.80 Å². The molecule has 0 radical (unpaired) electrons. The fourth-order valence-corrected chi connectivity index (χ4v) is 2.26. The Bertz CT molecular complexity index is 682. The highest BCUT2D eigenvalue weighted by Gasteiger charge is 2.22. The molecule has 6 nitrogen and oxygen atoms in total. The zero-order valence-electron chi connectivity index (χ0n) is 15.4. The lowest BCUT2D eigenvalue weighted by molar-refractivity contribution is -0.119. The molecule has 0 unspecified atom stereocenters. The number of aryl methyl sites for hydroxylation is 1. The van der Waals surface area contributed by atoms with Crippen LogP contribution in [0.1, 0.15) is 46.0 Å². The van der Waals surface area contributed by atoms with Crippen molar-refractivity contribution in [3.05, 3.63) is 35.7 Å². The quantitative estimate of drug-likeness (QED) is 0.846. The van der Waals surface area contributed by atoms with Crippen molar-refractivity contribution in [2.24, 2.45) is 5.92 Å².